The van der Waals surface area contributed by atoms with Gasteiger partial charge in [0.05, 0.1) is 7.11 Å². The monoisotopic (exact) mass is 460 g/mol. The van der Waals surface area contributed by atoms with Crippen LogP contribution >= 0.6 is 33.2 Å². The van der Waals surface area contributed by atoms with E-state index in [1.54, 1.807) is 6.08 Å². The van der Waals surface area contributed by atoms with E-state index in [2.05, 4.69) is 29.0 Å². The van der Waals surface area contributed by atoms with E-state index in [-0.39, 0.29) is 5.97 Å². The van der Waals surface area contributed by atoms with E-state index < -0.39 is 6.00 Å². The summed E-state index contributed by atoms with van der Waals surface area (Å²) in [6.45, 7) is 0. The molecule has 2 rings (SSSR count). The van der Waals surface area contributed by atoms with E-state index in [1.807, 2.05) is 0 Å². The number of hydrogen-bond donors (Lipinski definition) is 0. The van der Waals surface area contributed by atoms with Gasteiger partial charge in [-0.1, -0.05) is 69.2 Å². The van der Waals surface area contributed by atoms with Crippen molar-refractivity contribution in [2.75, 3.05) is 7.11 Å². The highest BCUT2D eigenvalue weighted by Gasteiger charge is 2.25. The van der Waals surface area contributed by atoms with Gasteiger partial charge in [-0.3, -0.25) is 0 Å². The summed E-state index contributed by atoms with van der Waals surface area (Å²) >= 11 is 17.8. The summed E-state index contributed by atoms with van der Waals surface area (Å²) < 4.78 is 4.61. The van der Waals surface area contributed by atoms with Crippen LogP contribution in [0.4, 0.5) is 0 Å². The Morgan fingerprint density at radius 3 is 2.21 bits per heavy atom. The standard InChI is InChI=1S/C22H31Cl3O2Si/c1-27-22(26)16-15-21-13-11-20(12-14-21)10-9-19-7-5-18(6-8-19)4-2-3-17-28(23,24)25/h11-16,18-19H,2-10,17H2,1H3. The maximum Gasteiger partial charge on any atom is 0.341 e. The molecule has 0 radical (unpaired) electrons. The molecule has 1 fully saturated rings. The molecule has 0 aliphatic heterocycles. The van der Waals surface area contributed by atoms with Crippen LogP contribution in [0, 0.1) is 11.8 Å². The van der Waals surface area contributed by atoms with E-state index in [9.17, 15) is 4.79 Å². The molecule has 0 unspecified atom stereocenters. The summed E-state index contributed by atoms with van der Waals surface area (Å²) in [6.07, 6.45) is 14.6. The molecule has 1 aromatic carbocycles. The molecule has 1 aromatic rings. The molecule has 0 amide bonds. The third-order valence-corrected chi connectivity index (χ3v) is 8.34. The summed E-state index contributed by atoms with van der Waals surface area (Å²) in [5.41, 5.74) is 2.39. The summed E-state index contributed by atoms with van der Waals surface area (Å²) in [5, 5.41) is 0. The van der Waals surface area contributed by atoms with E-state index >= 15 is 0 Å². The van der Waals surface area contributed by atoms with Crippen molar-refractivity contribution >= 4 is 51.3 Å². The average molecular weight is 462 g/mol. The molecule has 0 saturated heterocycles. The van der Waals surface area contributed by atoms with Crippen molar-refractivity contribution in [1.29, 1.82) is 0 Å². The van der Waals surface area contributed by atoms with Crippen LogP contribution in [-0.4, -0.2) is 19.1 Å². The second kappa shape index (κ2) is 12.3. The molecule has 2 nitrogen and oxygen atoms in total. The topological polar surface area (TPSA) is 26.3 Å². The average Bonchev–Trinajstić information content (AvgIpc) is 2.68. The number of ether oxygens (including phenoxy) is 1. The maximum absolute atomic E-state index is 11.1. The van der Waals surface area contributed by atoms with Crippen molar-refractivity contribution in [3.05, 3.63) is 41.5 Å². The van der Waals surface area contributed by atoms with Gasteiger partial charge in [0.2, 0.25) is 0 Å². The van der Waals surface area contributed by atoms with Gasteiger partial charge in [0.25, 0.3) is 0 Å². The Labute approximate surface area is 184 Å². The van der Waals surface area contributed by atoms with Gasteiger partial charge in [-0.25, -0.2) is 4.79 Å². The fraction of sp³-hybridized carbons (Fsp3) is 0.591. The molecule has 6 heteroatoms. The normalized spacial score (nSPS) is 20.4. The first-order valence-corrected chi connectivity index (χ1v) is 15.5. The van der Waals surface area contributed by atoms with Gasteiger partial charge in [-0.15, -0.1) is 33.2 Å². The second-order valence-electron chi connectivity index (χ2n) is 7.88. The van der Waals surface area contributed by atoms with Crippen molar-refractivity contribution in [3.8, 4) is 0 Å². The van der Waals surface area contributed by atoms with E-state index in [0.29, 0.717) is 0 Å². The predicted molar refractivity (Wildman–Crippen MR) is 123 cm³/mol. The highest BCUT2D eigenvalue weighted by molar-refractivity contribution is 7.64. The zero-order chi connectivity index (χ0) is 20.4. The highest BCUT2D eigenvalue weighted by Crippen LogP contribution is 2.35. The SMILES string of the molecule is COC(=O)C=Cc1ccc(CCC2CCC(CCCC[Si](Cl)(Cl)Cl)CC2)cc1. The van der Waals surface area contributed by atoms with Crippen LogP contribution in [-0.2, 0) is 16.0 Å². The lowest BCUT2D eigenvalue weighted by atomic mass is 9.78. The Balaban J connectivity index is 1.63. The maximum atomic E-state index is 11.1. The number of methoxy groups -OCH3 is 1. The fourth-order valence-corrected chi connectivity index (χ4v) is 5.82. The Morgan fingerprint density at radius 1 is 1.04 bits per heavy atom. The van der Waals surface area contributed by atoms with Gasteiger partial charge in [0.1, 0.15) is 0 Å². The number of carbonyl (C=O) groups excluding carboxylic acids is 1. The molecule has 0 aromatic heterocycles. The second-order valence-corrected chi connectivity index (χ2v) is 17.2. The lowest BCUT2D eigenvalue weighted by molar-refractivity contribution is -0.134. The summed E-state index contributed by atoms with van der Waals surface area (Å²) in [7, 11) is 1.39. The van der Waals surface area contributed by atoms with Crippen molar-refractivity contribution in [1.82, 2.24) is 0 Å². The number of aryl methyl sites for hydroxylation is 1. The van der Waals surface area contributed by atoms with Crippen LogP contribution in [0.2, 0.25) is 6.04 Å². The van der Waals surface area contributed by atoms with Crippen LogP contribution in [0.5, 0.6) is 0 Å². The zero-order valence-electron chi connectivity index (χ0n) is 16.6. The number of halogens is 3. The smallest absolute Gasteiger partial charge is 0.341 e. The quantitative estimate of drug-likeness (QED) is 0.119. The first-order valence-electron chi connectivity index (χ1n) is 10.3. The summed E-state index contributed by atoms with van der Waals surface area (Å²) in [6, 6.07) is 6.82. The number of carbonyl (C=O) groups is 1. The van der Waals surface area contributed by atoms with Crippen LogP contribution in [0.15, 0.2) is 30.3 Å². The van der Waals surface area contributed by atoms with Gasteiger partial charge in [0.15, 0.2) is 0 Å². The molecule has 0 spiro atoms. The van der Waals surface area contributed by atoms with Crippen molar-refractivity contribution in [2.24, 2.45) is 11.8 Å². The molecule has 0 atom stereocenters. The zero-order valence-corrected chi connectivity index (χ0v) is 19.9. The number of hydrogen-bond acceptors (Lipinski definition) is 2. The van der Waals surface area contributed by atoms with E-state index in [0.717, 1.165) is 36.3 Å². The molecule has 1 aliphatic carbocycles. The first-order chi connectivity index (χ1) is 13.4. The van der Waals surface area contributed by atoms with Crippen molar-refractivity contribution in [3.63, 3.8) is 0 Å². The number of benzene rings is 1. The third kappa shape index (κ3) is 9.82. The predicted octanol–water partition coefficient (Wildman–Crippen LogP) is 7.44. The van der Waals surface area contributed by atoms with Gasteiger partial charge in [-0.05, 0) is 47.9 Å². The summed E-state index contributed by atoms with van der Waals surface area (Å²) in [5.74, 6) is 1.39. The van der Waals surface area contributed by atoms with Gasteiger partial charge in [0, 0.05) is 6.08 Å². The molecule has 28 heavy (non-hydrogen) atoms. The highest BCUT2D eigenvalue weighted by atomic mass is 35.8. The molecule has 1 saturated carbocycles. The Kier molecular flexibility index (Phi) is 10.4. The van der Waals surface area contributed by atoms with Crippen LogP contribution in [0.25, 0.3) is 6.08 Å². The molecule has 1 aliphatic rings. The summed E-state index contributed by atoms with van der Waals surface area (Å²) in [4.78, 5) is 11.1. The molecule has 0 bridgehead atoms. The van der Waals surface area contributed by atoms with Crippen LogP contribution < -0.4 is 0 Å². The fourth-order valence-electron chi connectivity index (χ4n) is 3.97. The number of unbranched alkanes of at least 4 members (excludes halogenated alkanes) is 1. The lowest BCUT2D eigenvalue weighted by Gasteiger charge is -2.28. The minimum absolute atomic E-state index is 0.327. The number of rotatable bonds is 10. The molecule has 0 N–H and O–H groups in total. The first kappa shape index (κ1) is 23.8. The lowest BCUT2D eigenvalue weighted by Crippen LogP contribution is -2.15. The Bertz CT molecular complexity index is 618. The van der Waals surface area contributed by atoms with E-state index in [4.69, 9.17) is 33.2 Å². The molecular formula is C22H31Cl3O2Si. The van der Waals surface area contributed by atoms with Crippen LogP contribution in [0.3, 0.4) is 0 Å². The van der Waals surface area contributed by atoms with Crippen molar-refractivity contribution < 1.29 is 9.53 Å². The van der Waals surface area contributed by atoms with E-state index in [1.165, 1.54) is 63.7 Å². The molecular weight excluding hydrogens is 431 g/mol. The minimum Gasteiger partial charge on any atom is -0.466 e. The Morgan fingerprint density at radius 2 is 1.64 bits per heavy atom. The molecule has 156 valence electrons. The minimum atomic E-state index is -2.42. The largest absolute Gasteiger partial charge is 0.466 e. The molecule has 0 heterocycles. The Hall–Kier alpha value is -0.483. The number of esters is 1. The van der Waals surface area contributed by atoms with Crippen LogP contribution in [0.1, 0.15) is 62.5 Å². The van der Waals surface area contributed by atoms with Gasteiger partial charge in [-0.2, -0.15) is 0 Å². The van der Waals surface area contributed by atoms with Gasteiger partial charge >= 0.3 is 12.0 Å². The van der Waals surface area contributed by atoms with Gasteiger partial charge < -0.3 is 4.74 Å². The third-order valence-electron chi connectivity index (χ3n) is 5.72. The van der Waals surface area contributed by atoms with Crippen molar-refractivity contribution in [2.45, 2.75) is 63.8 Å².